The van der Waals surface area contributed by atoms with Gasteiger partial charge in [-0.3, -0.25) is 9.59 Å². The lowest BCUT2D eigenvalue weighted by Gasteiger charge is -2.17. The van der Waals surface area contributed by atoms with Crippen molar-refractivity contribution in [1.29, 1.82) is 0 Å². The number of benzene rings is 3. The molecule has 0 aliphatic carbocycles. The molecule has 3 aromatic rings. The Bertz CT molecular complexity index is 1190. The Labute approximate surface area is 194 Å². The molecular weight excluding hydrogens is 451 g/mol. The van der Waals surface area contributed by atoms with Crippen LogP contribution in [0, 0.1) is 0 Å². The first kappa shape index (κ1) is 21.5. The Kier molecular flexibility index (Phi) is 6.37. The van der Waals surface area contributed by atoms with E-state index >= 15 is 0 Å². The number of hydrogen-bond acceptors (Lipinski definition) is 4. The van der Waals surface area contributed by atoms with E-state index < -0.39 is 11.8 Å². The van der Waals surface area contributed by atoms with Crippen LogP contribution >= 0.6 is 35.0 Å². The summed E-state index contributed by atoms with van der Waals surface area (Å²) in [5.41, 5.74) is 2.42. The van der Waals surface area contributed by atoms with Crippen LogP contribution in [0.5, 0.6) is 0 Å². The zero-order valence-corrected chi connectivity index (χ0v) is 18.9. The fourth-order valence-electron chi connectivity index (χ4n) is 3.27. The van der Waals surface area contributed by atoms with Crippen LogP contribution in [0.15, 0.2) is 88.3 Å². The Morgan fingerprint density at radius 3 is 2.26 bits per heavy atom. The zero-order chi connectivity index (χ0) is 22.0. The van der Waals surface area contributed by atoms with Crippen LogP contribution in [0.25, 0.3) is 0 Å². The van der Waals surface area contributed by atoms with Gasteiger partial charge < -0.3 is 5.32 Å². The zero-order valence-electron chi connectivity index (χ0n) is 16.6. The molecule has 3 aromatic carbocycles. The maximum atomic E-state index is 13.4. The summed E-state index contributed by atoms with van der Waals surface area (Å²) in [5.74, 6) is -0.866. The van der Waals surface area contributed by atoms with Crippen LogP contribution in [0.4, 0.5) is 11.4 Å². The number of hydrogen-bond donors (Lipinski definition) is 1. The van der Waals surface area contributed by atoms with Crippen molar-refractivity contribution in [3.63, 3.8) is 0 Å². The molecule has 2 amide bonds. The summed E-state index contributed by atoms with van der Waals surface area (Å²) < 4.78 is 0. The van der Waals surface area contributed by atoms with Gasteiger partial charge in [-0.25, -0.2) is 4.90 Å². The van der Waals surface area contributed by atoms with Crippen molar-refractivity contribution in [3.8, 4) is 0 Å². The molecule has 4 rings (SSSR count). The molecule has 0 spiro atoms. The monoisotopic (exact) mass is 468 g/mol. The molecular formula is C24H18Cl2N2O2S. The van der Waals surface area contributed by atoms with Crippen molar-refractivity contribution in [1.82, 2.24) is 0 Å². The van der Waals surface area contributed by atoms with E-state index in [1.165, 1.54) is 11.8 Å². The van der Waals surface area contributed by atoms with Crippen LogP contribution < -0.4 is 10.2 Å². The molecule has 0 radical (unpaired) electrons. The summed E-state index contributed by atoms with van der Waals surface area (Å²) in [7, 11) is 0. The third-order valence-corrected chi connectivity index (χ3v) is 6.49. The number of imide groups is 1. The lowest BCUT2D eigenvalue weighted by molar-refractivity contribution is -0.120. The molecule has 1 heterocycles. The predicted octanol–water partition coefficient (Wildman–Crippen LogP) is 6.55. The smallest absolute Gasteiger partial charge is 0.283 e. The second kappa shape index (κ2) is 9.18. The number of carbonyl (C=O) groups is 2. The van der Waals surface area contributed by atoms with Crippen molar-refractivity contribution >= 4 is 58.2 Å². The number of amides is 2. The Hall–Kier alpha value is -2.73. The van der Waals surface area contributed by atoms with Gasteiger partial charge in [-0.2, -0.15) is 0 Å². The highest BCUT2D eigenvalue weighted by atomic mass is 35.5. The molecule has 0 unspecified atom stereocenters. The van der Waals surface area contributed by atoms with E-state index in [-0.39, 0.29) is 5.70 Å². The average molecular weight is 469 g/mol. The van der Waals surface area contributed by atoms with Crippen LogP contribution in [-0.4, -0.2) is 11.8 Å². The molecule has 31 heavy (non-hydrogen) atoms. The van der Waals surface area contributed by atoms with Crippen molar-refractivity contribution in [2.45, 2.75) is 18.2 Å². The summed E-state index contributed by atoms with van der Waals surface area (Å²) in [6.07, 6.45) is 0.784. The quantitative estimate of drug-likeness (QED) is 0.416. The van der Waals surface area contributed by atoms with E-state index in [1.54, 1.807) is 36.4 Å². The van der Waals surface area contributed by atoms with Crippen LogP contribution in [0.2, 0.25) is 10.0 Å². The van der Waals surface area contributed by atoms with Crippen LogP contribution in [0.3, 0.4) is 0 Å². The van der Waals surface area contributed by atoms with Gasteiger partial charge in [-0.05, 0) is 54.4 Å². The number of carbonyl (C=O) groups excluding carboxylic acids is 2. The maximum absolute atomic E-state index is 13.4. The summed E-state index contributed by atoms with van der Waals surface area (Å²) in [6.45, 7) is 2.04. The van der Waals surface area contributed by atoms with E-state index in [4.69, 9.17) is 23.2 Å². The molecule has 0 aromatic heterocycles. The fourth-order valence-corrected chi connectivity index (χ4v) is 4.55. The SMILES string of the molecule is CCc1ccccc1NC1=C(Sc2ccc(Cl)cc2)C(=O)N(c2ccccc2Cl)C1=O. The van der Waals surface area contributed by atoms with Gasteiger partial charge in [0.25, 0.3) is 11.8 Å². The van der Waals surface area contributed by atoms with Crippen molar-refractivity contribution in [2.24, 2.45) is 0 Å². The largest absolute Gasteiger partial charge is 0.350 e. The molecule has 156 valence electrons. The number of nitrogens with zero attached hydrogens (tertiary/aromatic N) is 1. The molecule has 0 bridgehead atoms. The van der Waals surface area contributed by atoms with Crippen molar-refractivity contribution in [3.05, 3.63) is 99.0 Å². The molecule has 0 fully saturated rings. The first-order chi connectivity index (χ1) is 15.0. The van der Waals surface area contributed by atoms with Crippen LogP contribution in [-0.2, 0) is 16.0 Å². The third-order valence-electron chi connectivity index (χ3n) is 4.83. The Morgan fingerprint density at radius 1 is 0.871 bits per heavy atom. The lowest BCUT2D eigenvalue weighted by Crippen LogP contribution is -2.32. The molecule has 0 saturated carbocycles. The summed E-state index contributed by atoms with van der Waals surface area (Å²) in [6, 6.07) is 21.6. The van der Waals surface area contributed by atoms with E-state index in [0.717, 1.165) is 27.5 Å². The number of thioether (sulfide) groups is 1. The van der Waals surface area contributed by atoms with E-state index in [9.17, 15) is 9.59 Å². The van der Waals surface area contributed by atoms with Crippen LogP contribution in [0.1, 0.15) is 12.5 Å². The Morgan fingerprint density at radius 2 is 1.55 bits per heavy atom. The van der Waals surface area contributed by atoms with Gasteiger partial charge in [0.15, 0.2) is 0 Å². The minimum atomic E-state index is -0.444. The van der Waals surface area contributed by atoms with E-state index in [0.29, 0.717) is 20.6 Å². The molecule has 1 aliphatic rings. The number of halogens is 2. The standard InChI is InChI=1S/C24H18Cl2N2O2S/c1-2-15-7-3-5-9-19(15)27-21-22(31-17-13-11-16(25)12-14-17)24(30)28(23(21)29)20-10-6-4-8-18(20)26/h3-14,27H,2H2,1H3. The molecule has 7 heteroatoms. The normalized spacial score (nSPS) is 13.8. The summed E-state index contributed by atoms with van der Waals surface area (Å²) in [4.78, 5) is 29.0. The lowest BCUT2D eigenvalue weighted by atomic mass is 10.1. The highest BCUT2D eigenvalue weighted by molar-refractivity contribution is 8.04. The molecule has 1 N–H and O–H groups in total. The second-order valence-corrected chi connectivity index (χ2v) is 8.72. The highest BCUT2D eigenvalue weighted by Crippen LogP contribution is 2.40. The maximum Gasteiger partial charge on any atom is 0.283 e. The second-order valence-electron chi connectivity index (χ2n) is 6.79. The van der Waals surface area contributed by atoms with Crippen molar-refractivity contribution in [2.75, 3.05) is 10.2 Å². The number of aryl methyl sites for hydroxylation is 1. The van der Waals surface area contributed by atoms with Gasteiger partial charge in [0.1, 0.15) is 10.6 Å². The van der Waals surface area contributed by atoms with E-state index in [2.05, 4.69) is 5.32 Å². The Balaban J connectivity index is 1.78. The van der Waals surface area contributed by atoms with Gasteiger partial charge in [-0.15, -0.1) is 0 Å². The third kappa shape index (κ3) is 4.35. The number of para-hydroxylation sites is 2. The first-order valence-corrected chi connectivity index (χ1v) is 11.2. The van der Waals surface area contributed by atoms with Gasteiger partial charge in [-0.1, -0.05) is 72.2 Å². The van der Waals surface area contributed by atoms with Gasteiger partial charge >= 0.3 is 0 Å². The van der Waals surface area contributed by atoms with Gasteiger partial charge in [0, 0.05) is 15.6 Å². The topological polar surface area (TPSA) is 49.4 Å². The number of nitrogens with one attached hydrogen (secondary N) is 1. The fraction of sp³-hybridized carbons (Fsp3) is 0.0833. The molecule has 1 aliphatic heterocycles. The van der Waals surface area contributed by atoms with Gasteiger partial charge in [0.2, 0.25) is 0 Å². The predicted molar refractivity (Wildman–Crippen MR) is 128 cm³/mol. The molecule has 0 atom stereocenters. The highest BCUT2D eigenvalue weighted by Gasteiger charge is 2.41. The number of rotatable bonds is 6. The summed E-state index contributed by atoms with van der Waals surface area (Å²) >= 11 is 13.5. The minimum absolute atomic E-state index is 0.228. The first-order valence-electron chi connectivity index (χ1n) is 9.65. The minimum Gasteiger partial charge on any atom is -0.350 e. The average Bonchev–Trinajstić information content (AvgIpc) is 3.00. The molecule has 0 saturated heterocycles. The van der Waals surface area contributed by atoms with E-state index in [1.807, 2.05) is 43.3 Å². The summed E-state index contributed by atoms with van der Waals surface area (Å²) in [5, 5.41) is 4.15. The van der Waals surface area contributed by atoms with Crippen molar-refractivity contribution < 1.29 is 9.59 Å². The number of anilines is 2. The van der Waals surface area contributed by atoms with Gasteiger partial charge in [0.05, 0.1) is 10.7 Å². The molecule has 4 nitrogen and oxygen atoms in total.